The highest BCUT2D eigenvalue weighted by molar-refractivity contribution is 7.98. The molecule has 31 heavy (non-hydrogen) atoms. The van der Waals surface area contributed by atoms with Crippen LogP contribution in [0.3, 0.4) is 0 Å². The molecule has 0 unspecified atom stereocenters. The van der Waals surface area contributed by atoms with Gasteiger partial charge in [-0.25, -0.2) is 4.98 Å². The number of benzene rings is 2. The lowest BCUT2D eigenvalue weighted by atomic mass is 9.83. The summed E-state index contributed by atoms with van der Waals surface area (Å²) in [5.74, 6) is 0.230. The Bertz CT molecular complexity index is 1270. The maximum Gasteiger partial charge on any atom is 0.221 e. The van der Waals surface area contributed by atoms with Crippen LogP contribution in [0.5, 0.6) is 5.88 Å². The van der Waals surface area contributed by atoms with E-state index in [4.69, 9.17) is 5.41 Å². The van der Waals surface area contributed by atoms with Crippen LogP contribution in [0, 0.1) is 5.41 Å². The quantitative estimate of drug-likeness (QED) is 0.362. The van der Waals surface area contributed by atoms with E-state index in [1.165, 1.54) is 18.0 Å². The maximum atomic E-state index is 13.0. The van der Waals surface area contributed by atoms with Gasteiger partial charge in [-0.3, -0.25) is 9.59 Å². The van der Waals surface area contributed by atoms with Crippen LogP contribution >= 0.6 is 11.8 Å². The molecule has 2 N–H and O–H groups in total. The molecule has 0 atom stereocenters. The maximum absolute atomic E-state index is 13.0. The van der Waals surface area contributed by atoms with Crippen LogP contribution in [-0.4, -0.2) is 27.9 Å². The SMILES string of the molecule is N=Cc1c(O)nc(SCc2ccc3c(c2)C(=O)c2ccccc2C3=O)c2c1CCCC2. The summed E-state index contributed by atoms with van der Waals surface area (Å²) in [5, 5.41) is 18.7. The minimum Gasteiger partial charge on any atom is -0.493 e. The molecule has 0 radical (unpaired) electrons. The molecule has 0 bridgehead atoms. The Morgan fingerprint density at radius 3 is 2.29 bits per heavy atom. The number of ketones is 2. The number of thioether (sulfide) groups is 1. The van der Waals surface area contributed by atoms with Gasteiger partial charge in [0.15, 0.2) is 11.6 Å². The molecule has 0 aliphatic heterocycles. The lowest BCUT2D eigenvalue weighted by molar-refractivity contribution is 0.0979. The number of carbonyl (C=O) groups is 2. The van der Waals surface area contributed by atoms with Crippen LogP contribution in [0.15, 0.2) is 47.5 Å². The highest BCUT2D eigenvalue weighted by atomic mass is 32.2. The van der Waals surface area contributed by atoms with Gasteiger partial charge in [-0.15, -0.1) is 11.8 Å². The largest absolute Gasteiger partial charge is 0.493 e. The third-order valence-corrected chi connectivity index (χ3v) is 7.10. The fourth-order valence-corrected chi connectivity index (χ4v) is 5.49. The molecule has 1 aromatic heterocycles. The molecule has 1 heterocycles. The number of hydrogen-bond acceptors (Lipinski definition) is 6. The number of aromatic nitrogens is 1. The third-order valence-electron chi connectivity index (χ3n) is 6.01. The number of pyridine rings is 1. The third kappa shape index (κ3) is 3.27. The van der Waals surface area contributed by atoms with Gasteiger partial charge >= 0.3 is 0 Å². The number of aromatic hydroxyl groups is 1. The van der Waals surface area contributed by atoms with E-state index in [2.05, 4.69) is 4.98 Å². The van der Waals surface area contributed by atoms with E-state index < -0.39 is 0 Å². The van der Waals surface area contributed by atoms with E-state index in [1.54, 1.807) is 36.4 Å². The molecule has 0 spiro atoms. The molecule has 154 valence electrons. The molecule has 0 amide bonds. The molecule has 0 saturated heterocycles. The summed E-state index contributed by atoms with van der Waals surface area (Å²) in [6, 6.07) is 12.4. The van der Waals surface area contributed by atoms with E-state index in [1.807, 2.05) is 6.07 Å². The summed E-state index contributed by atoms with van der Waals surface area (Å²) in [4.78, 5) is 30.1. The van der Waals surface area contributed by atoms with Gasteiger partial charge in [-0.2, -0.15) is 0 Å². The summed E-state index contributed by atoms with van der Waals surface area (Å²) in [7, 11) is 0. The van der Waals surface area contributed by atoms with E-state index in [9.17, 15) is 14.7 Å². The fraction of sp³-hybridized carbons (Fsp3) is 0.200. The van der Waals surface area contributed by atoms with Gasteiger partial charge in [-0.1, -0.05) is 30.3 Å². The predicted octanol–water partition coefficient (Wildman–Crippen LogP) is 4.73. The van der Waals surface area contributed by atoms with Crippen LogP contribution in [0.1, 0.15) is 66.9 Å². The van der Waals surface area contributed by atoms with Gasteiger partial charge < -0.3 is 10.5 Å². The topological polar surface area (TPSA) is 91.1 Å². The first-order valence-electron chi connectivity index (χ1n) is 10.3. The van der Waals surface area contributed by atoms with E-state index in [0.717, 1.165) is 47.4 Å². The predicted molar refractivity (Wildman–Crippen MR) is 120 cm³/mol. The van der Waals surface area contributed by atoms with Crippen LogP contribution in [0.2, 0.25) is 0 Å². The molecule has 2 aliphatic rings. The van der Waals surface area contributed by atoms with Crippen molar-refractivity contribution in [3.8, 4) is 5.88 Å². The first-order valence-corrected chi connectivity index (χ1v) is 11.3. The molecule has 5 nitrogen and oxygen atoms in total. The van der Waals surface area contributed by atoms with Crippen molar-refractivity contribution < 1.29 is 14.7 Å². The summed E-state index contributed by atoms with van der Waals surface area (Å²) < 4.78 is 0. The van der Waals surface area contributed by atoms with Crippen LogP contribution in [0.25, 0.3) is 0 Å². The highest BCUT2D eigenvalue weighted by Crippen LogP contribution is 2.36. The van der Waals surface area contributed by atoms with Crippen molar-refractivity contribution in [3.63, 3.8) is 0 Å². The Hall–Kier alpha value is -3.25. The minimum atomic E-state index is -0.125. The molecule has 0 fully saturated rings. The first-order chi connectivity index (χ1) is 15.1. The van der Waals surface area contributed by atoms with Crippen molar-refractivity contribution in [1.29, 1.82) is 5.41 Å². The second-order valence-corrected chi connectivity index (χ2v) is 8.80. The Morgan fingerprint density at radius 1 is 0.935 bits per heavy atom. The van der Waals surface area contributed by atoms with Crippen LogP contribution < -0.4 is 0 Å². The van der Waals surface area contributed by atoms with Crippen LogP contribution in [0.4, 0.5) is 0 Å². The van der Waals surface area contributed by atoms with Crippen LogP contribution in [-0.2, 0) is 18.6 Å². The number of carbonyl (C=O) groups excluding carboxylic acids is 2. The van der Waals surface area contributed by atoms with Gasteiger partial charge in [0.05, 0.1) is 5.56 Å². The minimum absolute atomic E-state index is 0.0963. The van der Waals surface area contributed by atoms with E-state index in [-0.39, 0.29) is 17.4 Å². The van der Waals surface area contributed by atoms with Gasteiger partial charge in [0, 0.05) is 34.2 Å². The fourth-order valence-electron chi connectivity index (χ4n) is 4.46. The lowest BCUT2D eigenvalue weighted by Gasteiger charge is -2.21. The standard InChI is InChI=1S/C25H20N2O3S/c26-12-21-15-5-1-4-8-19(15)25(27-24(21)30)31-13-14-9-10-18-20(11-14)23(29)17-7-3-2-6-16(17)22(18)28/h2-3,6-7,9-12,26H,1,4-5,8,13H2,(H,27,30). The van der Waals surface area contributed by atoms with Gasteiger partial charge in [-0.05, 0) is 54.5 Å². The van der Waals surface area contributed by atoms with E-state index >= 15 is 0 Å². The summed E-state index contributed by atoms with van der Waals surface area (Å²) >= 11 is 1.52. The van der Waals surface area contributed by atoms with Gasteiger partial charge in [0.25, 0.3) is 0 Å². The lowest BCUT2D eigenvalue weighted by Crippen LogP contribution is -2.20. The molecule has 6 heteroatoms. The Labute approximate surface area is 184 Å². The molecule has 5 rings (SSSR count). The van der Waals surface area contributed by atoms with Crippen molar-refractivity contribution in [1.82, 2.24) is 4.98 Å². The Morgan fingerprint density at radius 2 is 1.58 bits per heavy atom. The van der Waals surface area contributed by atoms with Crippen molar-refractivity contribution in [2.75, 3.05) is 0 Å². The monoisotopic (exact) mass is 428 g/mol. The molecular formula is C25H20N2O3S. The number of hydrogen-bond donors (Lipinski definition) is 2. The Kier molecular flexibility index (Phi) is 4.94. The number of fused-ring (bicyclic) bond motifs is 3. The van der Waals surface area contributed by atoms with Gasteiger partial charge in [0.2, 0.25) is 5.88 Å². The second kappa shape index (κ2) is 7.78. The zero-order chi connectivity index (χ0) is 21.5. The highest BCUT2D eigenvalue weighted by Gasteiger charge is 2.29. The average Bonchev–Trinajstić information content (AvgIpc) is 2.81. The number of nitrogens with one attached hydrogen (secondary N) is 1. The van der Waals surface area contributed by atoms with Crippen molar-refractivity contribution >= 4 is 29.5 Å². The van der Waals surface area contributed by atoms with Gasteiger partial charge in [0.1, 0.15) is 5.03 Å². The van der Waals surface area contributed by atoms with Crippen molar-refractivity contribution in [2.45, 2.75) is 36.5 Å². The zero-order valence-electron chi connectivity index (χ0n) is 16.8. The smallest absolute Gasteiger partial charge is 0.221 e. The summed E-state index contributed by atoms with van der Waals surface area (Å²) in [5.41, 5.74) is 5.39. The molecule has 2 aliphatic carbocycles. The molecule has 0 saturated carbocycles. The molecular weight excluding hydrogens is 408 g/mol. The number of rotatable bonds is 4. The van der Waals surface area contributed by atoms with Crippen molar-refractivity contribution in [2.24, 2.45) is 0 Å². The molecule has 2 aromatic carbocycles. The molecule has 3 aromatic rings. The number of nitrogens with zero attached hydrogens (tertiary/aromatic N) is 1. The average molecular weight is 429 g/mol. The van der Waals surface area contributed by atoms with Crippen molar-refractivity contribution in [3.05, 3.63) is 87.0 Å². The zero-order valence-corrected chi connectivity index (χ0v) is 17.6. The summed E-state index contributed by atoms with van der Waals surface area (Å²) in [6.07, 6.45) is 5.03. The summed E-state index contributed by atoms with van der Waals surface area (Å²) in [6.45, 7) is 0. The first kappa shape index (κ1) is 19.7. The van der Waals surface area contributed by atoms with E-state index in [0.29, 0.717) is 33.6 Å². The Balaban J connectivity index is 1.46. The normalized spacial score (nSPS) is 14.6. The second-order valence-electron chi connectivity index (χ2n) is 7.84.